The van der Waals surface area contributed by atoms with E-state index in [0.29, 0.717) is 0 Å². The Kier molecular flexibility index (Phi) is 2.78. The van der Waals surface area contributed by atoms with Crippen molar-refractivity contribution >= 4 is 22.7 Å². The molecule has 0 bridgehead atoms. The van der Waals surface area contributed by atoms with E-state index in [4.69, 9.17) is 0 Å². The Morgan fingerprint density at radius 1 is 1.33 bits per heavy atom. The van der Waals surface area contributed by atoms with Gasteiger partial charge in [0, 0.05) is 42.0 Å². The van der Waals surface area contributed by atoms with E-state index in [1.54, 1.807) is 0 Å². The number of fused-ring (bicyclic) bond motifs is 2. The zero-order valence-corrected chi connectivity index (χ0v) is 11.0. The van der Waals surface area contributed by atoms with Crippen LogP contribution >= 0.6 is 0 Å². The van der Waals surface area contributed by atoms with Gasteiger partial charge in [-0.15, -0.1) is 0 Å². The lowest BCUT2D eigenvalue weighted by Crippen LogP contribution is -2.03. The SMILES string of the molecule is CC/N=C1\CCC=Cc2cc3c(ccn3C)cc21. The topological polar surface area (TPSA) is 17.3 Å². The summed E-state index contributed by atoms with van der Waals surface area (Å²) >= 11 is 0. The van der Waals surface area contributed by atoms with Crippen LogP contribution in [0.5, 0.6) is 0 Å². The molecule has 2 aromatic rings. The molecule has 1 aromatic carbocycles. The van der Waals surface area contributed by atoms with E-state index in [0.717, 1.165) is 19.4 Å². The fraction of sp³-hybridized carbons (Fsp3) is 0.312. The molecule has 1 aromatic heterocycles. The highest BCUT2D eigenvalue weighted by Gasteiger charge is 2.12. The molecule has 0 spiro atoms. The van der Waals surface area contributed by atoms with Crippen LogP contribution in [-0.4, -0.2) is 16.8 Å². The van der Waals surface area contributed by atoms with Crippen LogP contribution in [0.15, 0.2) is 35.5 Å². The standard InChI is InChI=1S/C16H18N2/c1-3-17-15-7-5-4-6-12-11-16-13(10-14(12)15)8-9-18(16)2/h4,6,8-11H,3,5,7H2,1-2H3/b17-15+. The quantitative estimate of drug-likeness (QED) is 0.719. The number of allylic oxidation sites excluding steroid dienone is 1. The number of aliphatic imine (C=N–C) groups is 1. The second kappa shape index (κ2) is 4.45. The van der Waals surface area contributed by atoms with Crippen molar-refractivity contribution in [3.05, 3.63) is 41.6 Å². The molecule has 1 heterocycles. The monoisotopic (exact) mass is 238 g/mol. The summed E-state index contributed by atoms with van der Waals surface area (Å²) in [6.07, 6.45) is 8.75. The number of aromatic nitrogens is 1. The number of benzene rings is 1. The molecule has 0 unspecified atom stereocenters. The normalized spacial score (nSPS) is 17.1. The maximum atomic E-state index is 4.67. The second-order valence-electron chi connectivity index (χ2n) is 4.79. The highest BCUT2D eigenvalue weighted by molar-refractivity contribution is 6.07. The molecule has 3 rings (SSSR count). The highest BCUT2D eigenvalue weighted by Crippen LogP contribution is 2.26. The van der Waals surface area contributed by atoms with E-state index in [9.17, 15) is 0 Å². The largest absolute Gasteiger partial charge is 0.351 e. The first-order valence-electron chi connectivity index (χ1n) is 6.59. The van der Waals surface area contributed by atoms with Crippen molar-refractivity contribution in [1.29, 1.82) is 0 Å². The van der Waals surface area contributed by atoms with E-state index in [2.05, 4.69) is 60.1 Å². The highest BCUT2D eigenvalue weighted by atomic mass is 14.9. The summed E-state index contributed by atoms with van der Waals surface area (Å²) in [7, 11) is 2.09. The van der Waals surface area contributed by atoms with Gasteiger partial charge < -0.3 is 4.57 Å². The van der Waals surface area contributed by atoms with Crippen LogP contribution in [0.4, 0.5) is 0 Å². The van der Waals surface area contributed by atoms with E-state index in [-0.39, 0.29) is 0 Å². The van der Waals surface area contributed by atoms with Crippen LogP contribution in [0.2, 0.25) is 0 Å². The summed E-state index contributed by atoms with van der Waals surface area (Å²) in [5, 5.41) is 1.30. The Bertz CT molecular complexity index is 644. The molecule has 0 atom stereocenters. The average Bonchev–Trinajstić information content (AvgIpc) is 2.62. The van der Waals surface area contributed by atoms with Gasteiger partial charge in [0.05, 0.1) is 0 Å². The minimum Gasteiger partial charge on any atom is -0.351 e. The van der Waals surface area contributed by atoms with Crippen LogP contribution < -0.4 is 0 Å². The minimum absolute atomic E-state index is 0.863. The summed E-state index contributed by atoms with van der Waals surface area (Å²) in [4.78, 5) is 4.67. The number of hydrogen-bond donors (Lipinski definition) is 0. The van der Waals surface area contributed by atoms with Crippen LogP contribution in [0.3, 0.4) is 0 Å². The first kappa shape index (κ1) is 11.3. The number of hydrogen-bond acceptors (Lipinski definition) is 1. The lowest BCUT2D eigenvalue weighted by molar-refractivity contribution is 0.969. The fourth-order valence-corrected chi connectivity index (χ4v) is 2.64. The zero-order valence-electron chi connectivity index (χ0n) is 11.0. The number of rotatable bonds is 1. The molecular weight excluding hydrogens is 220 g/mol. The van der Waals surface area contributed by atoms with Crippen molar-refractivity contribution in [2.24, 2.45) is 12.0 Å². The van der Waals surface area contributed by atoms with Crippen molar-refractivity contribution in [3.63, 3.8) is 0 Å². The second-order valence-corrected chi connectivity index (χ2v) is 4.79. The number of aryl methyl sites for hydroxylation is 1. The number of nitrogens with zero attached hydrogens (tertiary/aromatic N) is 2. The molecule has 1 aliphatic carbocycles. The lowest BCUT2D eigenvalue weighted by atomic mass is 10.00. The van der Waals surface area contributed by atoms with Crippen LogP contribution in [0.25, 0.3) is 17.0 Å². The Morgan fingerprint density at radius 3 is 3.06 bits per heavy atom. The van der Waals surface area contributed by atoms with Crippen molar-refractivity contribution in [2.45, 2.75) is 19.8 Å². The molecule has 0 amide bonds. The Hall–Kier alpha value is -1.83. The van der Waals surface area contributed by atoms with E-state index in [1.807, 2.05) is 0 Å². The third-order valence-corrected chi connectivity index (χ3v) is 3.56. The Labute approximate surface area is 108 Å². The molecule has 0 saturated heterocycles. The van der Waals surface area contributed by atoms with E-state index >= 15 is 0 Å². The van der Waals surface area contributed by atoms with Gasteiger partial charge in [0.25, 0.3) is 0 Å². The molecule has 92 valence electrons. The molecule has 0 radical (unpaired) electrons. The Morgan fingerprint density at radius 2 is 2.22 bits per heavy atom. The van der Waals surface area contributed by atoms with Crippen molar-refractivity contribution in [1.82, 2.24) is 4.57 Å². The van der Waals surface area contributed by atoms with Crippen molar-refractivity contribution < 1.29 is 0 Å². The summed E-state index contributed by atoms with van der Waals surface area (Å²) in [6.45, 7) is 2.97. The average molecular weight is 238 g/mol. The Balaban J connectivity index is 2.27. The smallest absolute Gasteiger partial charge is 0.0484 e. The molecule has 2 heteroatoms. The van der Waals surface area contributed by atoms with Crippen molar-refractivity contribution in [2.75, 3.05) is 6.54 Å². The summed E-state index contributed by atoms with van der Waals surface area (Å²) in [5.74, 6) is 0. The predicted octanol–water partition coefficient (Wildman–Crippen LogP) is 3.79. The first-order valence-corrected chi connectivity index (χ1v) is 6.59. The van der Waals surface area contributed by atoms with Gasteiger partial charge in [0.2, 0.25) is 0 Å². The molecule has 1 aliphatic rings. The van der Waals surface area contributed by atoms with Crippen LogP contribution in [0.1, 0.15) is 30.9 Å². The van der Waals surface area contributed by atoms with E-state index in [1.165, 1.54) is 27.7 Å². The van der Waals surface area contributed by atoms with Gasteiger partial charge in [-0.3, -0.25) is 4.99 Å². The summed E-state index contributed by atoms with van der Waals surface area (Å²) < 4.78 is 2.17. The van der Waals surface area contributed by atoms with Gasteiger partial charge in [-0.05, 0) is 43.5 Å². The van der Waals surface area contributed by atoms with Crippen molar-refractivity contribution in [3.8, 4) is 0 Å². The minimum atomic E-state index is 0.863. The third-order valence-electron chi connectivity index (χ3n) is 3.56. The summed E-state index contributed by atoms with van der Waals surface area (Å²) in [5.41, 5.74) is 5.15. The maximum Gasteiger partial charge on any atom is 0.0484 e. The first-order chi connectivity index (χ1) is 8.79. The third kappa shape index (κ3) is 1.78. The maximum absolute atomic E-state index is 4.67. The van der Waals surface area contributed by atoms with Gasteiger partial charge in [-0.1, -0.05) is 12.2 Å². The predicted molar refractivity (Wildman–Crippen MR) is 78.3 cm³/mol. The molecule has 0 N–H and O–H groups in total. The van der Waals surface area contributed by atoms with Gasteiger partial charge >= 0.3 is 0 Å². The molecule has 2 nitrogen and oxygen atoms in total. The molecule has 0 saturated carbocycles. The molecule has 18 heavy (non-hydrogen) atoms. The summed E-state index contributed by atoms with van der Waals surface area (Å²) in [6, 6.07) is 6.74. The van der Waals surface area contributed by atoms with Gasteiger partial charge in [0.15, 0.2) is 0 Å². The zero-order chi connectivity index (χ0) is 12.5. The van der Waals surface area contributed by atoms with Crippen LogP contribution in [-0.2, 0) is 7.05 Å². The van der Waals surface area contributed by atoms with Gasteiger partial charge in [0.1, 0.15) is 0 Å². The van der Waals surface area contributed by atoms with Crippen LogP contribution in [0, 0.1) is 0 Å². The molecular formula is C16H18N2. The lowest BCUT2D eigenvalue weighted by Gasteiger charge is -2.08. The van der Waals surface area contributed by atoms with Gasteiger partial charge in [-0.25, -0.2) is 0 Å². The van der Waals surface area contributed by atoms with E-state index < -0.39 is 0 Å². The fourth-order valence-electron chi connectivity index (χ4n) is 2.64. The van der Waals surface area contributed by atoms with Gasteiger partial charge in [-0.2, -0.15) is 0 Å². The molecule has 0 fully saturated rings. The molecule has 0 aliphatic heterocycles.